The molecule has 30 heavy (non-hydrogen) atoms. The normalized spacial score (nSPS) is 15.6. The maximum absolute atomic E-state index is 13.2. The highest BCUT2D eigenvalue weighted by Crippen LogP contribution is 2.33. The van der Waals surface area contributed by atoms with Crippen LogP contribution in [0.15, 0.2) is 28.0 Å². The summed E-state index contributed by atoms with van der Waals surface area (Å²) in [5, 5.41) is 12.2. The number of nitrogens with zero attached hydrogens (tertiary/aromatic N) is 3. The van der Waals surface area contributed by atoms with E-state index in [1.807, 2.05) is 13.0 Å². The molecule has 3 heterocycles. The van der Waals surface area contributed by atoms with E-state index in [4.69, 9.17) is 12.2 Å². The second kappa shape index (κ2) is 10.2. The molecule has 0 bridgehead atoms. The van der Waals surface area contributed by atoms with Crippen LogP contribution in [0.2, 0.25) is 0 Å². The van der Waals surface area contributed by atoms with Crippen LogP contribution < -0.4 is 10.9 Å². The van der Waals surface area contributed by atoms with Crippen molar-refractivity contribution in [2.24, 2.45) is 0 Å². The molecule has 2 N–H and O–H groups in total. The van der Waals surface area contributed by atoms with E-state index in [0.29, 0.717) is 27.2 Å². The Morgan fingerprint density at radius 2 is 2.10 bits per heavy atom. The number of fused-ring (bicyclic) bond motifs is 1. The minimum Gasteiger partial charge on any atom is -0.395 e. The van der Waals surface area contributed by atoms with Crippen molar-refractivity contribution in [2.45, 2.75) is 39.5 Å². The number of unbranched alkanes of at least 4 members (excludes halogenated alkanes) is 3. The maximum atomic E-state index is 13.2. The monoisotopic (exact) mass is 446 g/mol. The number of aliphatic hydroxyl groups is 1. The van der Waals surface area contributed by atoms with E-state index in [0.717, 1.165) is 31.2 Å². The minimum atomic E-state index is -0.280. The molecule has 0 radical (unpaired) electrons. The van der Waals surface area contributed by atoms with Crippen molar-refractivity contribution in [1.82, 2.24) is 14.3 Å². The molecule has 160 valence electrons. The number of nitrogens with one attached hydrogen (secondary N) is 1. The summed E-state index contributed by atoms with van der Waals surface area (Å²) in [5.74, 6) is 0.167. The number of amides is 1. The number of hydrogen-bond acceptors (Lipinski definition) is 7. The molecule has 0 aliphatic carbocycles. The number of thiocarbonyl (C=S) groups is 1. The van der Waals surface area contributed by atoms with Gasteiger partial charge in [0.15, 0.2) is 0 Å². The third kappa shape index (κ3) is 4.74. The van der Waals surface area contributed by atoms with Crippen molar-refractivity contribution in [3.05, 3.63) is 44.7 Å². The molecule has 1 aliphatic rings. The number of rotatable bonds is 9. The molecule has 0 unspecified atom stereocenters. The third-order valence-corrected chi connectivity index (χ3v) is 6.25. The van der Waals surface area contributed by atoms with E-state index in [1.54, 1.807) is 23.2 Å². The van der Waals surface area contributed by atoms with Gasteiger partial charge in [-0.25, -0.2) is 4.98 Å². The maximum Gasteiger partial charge on any atom is 0.267 e. The molecule has 0 spiro atoms. The molecule has 1 fully saturated rings. The summed E-state index contributed by atoms with van der Waals surface area (Å²) in [7, 11) is 0. The molecule has 2 aromatic heterocycles. The Bertz CT molecular complexity index is 1050. The fourth-order valence-corrected chi connectivity index (χ4v) is 4.56. The second-order valence-electron chi connectivity index (χ2n) is 7.11. The van der Waals surface area contributed by atoms with Crippen molar-refractivity contribution in [2.75, 3.05) is 25.0 Å². The van der Waals surface area contributed by atoms with E-state index in [1.165, 1.54) is 16.2 Å². The highest BCUT2D eigenvalue weighted by molar-refractivity contribution is 8.26. The van der Waals surface area contributed by atoms with Gasteiger partial charge in [0.2, 0.25) is 0 Å². The number of pyridine rings is 1. The second-order valence-corrected chi connectivity index (χ2v) is 8.78. The van der Waals surface area contributed by atoms with Crippen molar-refractivity contribution < 1.29 is 9.90 Å². The summed E-state index contributed by atoms with van der Waals surface area (Å²) in [5.41, 5.74) is 1.38. The first-order chi connectivity index (χ1) is 14.5. The van der Waals surface area contributed by atoms with Crippen molar-refractivity contribution >= 4 is 51.7 Å². The zero-order valence-electron chi connectivity index (χ0n) is 17.2. The Kier molecular flexibility index (Phi) is 7.63. The van der Waals surface area contributed by atoms with Crippen molar-refractivity contribution in [1.29, 1.82) is 0 Å². The van der Waals surface area contributed by atoms with Crippen LogP contribution in [0.25, 0.3) is 11.7 Å². The summed E-state index contributed by atoms with van der Waals surface area (Å²) in [6.07, 6.45) is 7.43. The zero-order valence-corrected chi connectivity index (χ0v) is 18.8. The molecule has 1 aliphatic heterocycles. The first-order valence-electron chi connectivity index (χ1n) is 10.1. The van der Waals surface area contributed by atoms with Crippen LogP contribution in [0.1, 0.15) is 43.7 Å². The Hall–Kier alpha value is -2.23. The lowest BCUT2D eigenvalue weighted by Crippen LogP contribution is -2.29. The van der Waals surface area contributed by atoms with Crippen LogP contribution in [-0.2, 0) is 4.79 Å². The predicted octanol–water partition coefficient (Wildman–Crippen LogP) is 3.19. The fraction of sp³-hybridized carbons (Fsp3) is 0.429. The van der Waals surface area contributed by atoms with E-state index in [9.17, 15) is 14.7 Å². The molecular formula is C21H26N4O3S2. The van der Waals surface area contributed by atoms with Gasteiger partial charge in [0.05, 0.1) is 17.1 Å². The van der Waals surface area contributed by atoms with Gasteiger partial charge in [0.1, 0.15) is 15.8 Å². The Labute approximate surface area is 185 Å². The summed E-state index contributed by atoms with van der Waals surface area (Å²) in [4.78, 5) is 32.7. The number of carbonyl (C=O) groups is 1. The van der Waals surface area contributed by atoms with Gasteiger partial charge in [-0.15, -0.1) is 0 Å². The summed E-state index contributed by atoms with van der Waals surface area (Å²) in [6.45, 7) is 4.75. The van der Waals surface area contributed by atoms with Gasteiger partial charge in [-0.1, -0.05) is 56.2 Å². The number of carbonyl (C=O) groups excluding carboxylic acids is 1. The molecule has 0 atom stereocenters. The van der Waals surface area contributed by atoms with E-state index in [-0.39, 0.29) is 30.2 Å². The molecule has 0 saturated carbocycles. The Balaban J connectivity index is 1.98. The number of aryl methyl sites for hydroxylation is 1. The van der Waals surface area contributed by atoms with Crippen LogP contribution in [0.3, 0.4) is 0 Å². The Morgan fingerprint density at radius 1 is 1.30 bits per heavy atom. The first kappa shape index (κ1) is 22.5. The SMILES string of the molecule is CCCCCCN1C(=O)C(=Cc2c(NCCO)nc3c(C)cccn3c2=O)SC1=S. The lowest BCUT2D eigenvalue weighted by atomic mass is 10.2. The molecule has 7 nitrogen and oxygen atoms in total. The molecule has 2 aromatic rings. The molecule has 3 rings (SSSR count). The van der Waals surface area contributed by atoms with Gasteiger partial charge in [0, 0.05) is 19.3 Å². The minimum absolute atomic E-state index is 0.103. The quantitative estimate of drug-likeness (QED) is 0.347. The summed E-state index contributed by atoms with van der Waals surface area (Å²) >= 11 is 6.60. The van der Waals surface area contributed by atoms with Gasteiger partial charge < -0.3 is 10.4 Å². The topological polar surface area (TPSA) is 86.9 Å². The van der Waals surface area contributed by atoms with E-state index < -0.39 is 0 Å². The molecular weight excluding hydrogens is 420 g/mol. The standard InChI is InChI=1S/C21H26N4O3S2/c1-3-4-5-6-10-25-20(28)16(30-21(25)29)13-15-17(22-9-12-26)23-18-14(2)8-7-11-24(18)19(15)27/h7-8,11,13,22,26H,3-6,9-10,12H2,1-2H3. The average Bonchev–Trinajstić information content (AvgIpc) is 2.99. The van der Waals surface area contributed by atoms with Crippen LogP contribution in [0.4, 0.5) is 5.82 Å². The van der Waals surface area contributed by atoms with E-state index in [2.05, 4.69) is 17.2 Å². The van der Waals surface area contributed by atoms with Gasteiger partial charge in [-0.3, -0.25) is 18.9 Å². The number of aliphatic hydroxyl groups excluding tert-OH is 1. The fourth-order valence-electron chi connectivity index (χ4n) is 3.27. The Morgan fingerprint density at radius 3 is 2.83 bits per heavy atom. The molecule has 1 amide bonds. The van der Waals surface area contributed by atoms with Crippen LogP contribution in [0, 0.1) is 6.92 Å². The molecule has 9 heteroatoms. The summed E-state index contributed by atoms with van der Waals surface area (Å²) < 4.78 is 1.98. The van der Waals surface area contributed by atoms with Gasteiger partial charge in [-0.05, 0) is 31.1 Å². The molecule has 1 saturated heterocycles. The predicted molar refractivity (Wildman–Crippen MR) is 126 cm³/mol. The zero-order chi connectivity index (χ0) is 21.7. The highest BCUT2D eigenvalue weighted by atomic mass is 32.2. The van der Waals surface area contributed by atoms with Gasteiger partial charge in [-0.2, -0.15) is 0 Å². The van der Waals surface area contributed by atoms with Gasteiger partial charge >= 0.3 is 0 Å². The number of hydrogen-bond donors (Lipinski definition) is 2. The third-order valence-electron chi connectivity index (χ3n) is 4.87. The first-order valence-corrected chi connectivity index (χ1v) is 11.3. The average molecular weight is 447 g/mol. The van der Waals surface area contributed by atoms with Gasteiger partial charge in [0.25, 0.3) is 11.5 Å². The number of aromatic nitrogens is 2. The smallest absolute Gasteiger partial charge is 0.267 e. The lowest BCUT2D eigenvalue weighted by molar-refractivity contribution is -0.122. The number of anilines is 1. The van der Waals surface area contributed by atoms with Crippen molar-refractivity contribution in [3.63, 3.8) is 0 Å². The van der Waals surface area contributed by atoms with Crippen LogP contribution >= 0.6 is 24.0 Å². The summed E-state index contributed by atoms with van der Waals surface area (Å²) in [6, 6.07) is 3.66. The highest BCUT2D eigenvalue weighted by Gasteiger charge is 2.32. The number of thioether (sulfide) groups is 1. The lowest BCUT2D eigenvalue weighted by Gasteiger charge is -2.14. The van der Waals surface area contributed by atoms with E-state index >= 15 is 0 Å². The molecule has 0 aromatic carbocycles. The largest absolute Gasteiger partial charge is 0.395 e. The van der Waals surface area contributed by atoms with Crippen molar-refractivity contribution in [3.8, 4) is 0 Å². The van der Waals surface area contributed by atoms with Crippen LogP contribution in [0.5, 0.6) is 0 Å². The van der Waals surface area contributed by atoms with Crippen LogP contribution in [-0.4, -0.2) is 49.3 Å².